The van der Waals surface area contributed by atoms with Gasteiger partial charge in [-0.05, 0) is 24.1 Å². The number of nitrogens with zero attached hydrogens (tertiary/aromatic N) is 2. The number of benzene rings is 1. The average Bonchev–Trinajstić information content (AvgIpc) is 2.85. The summed E-state index contributed by atoms with van der Waals surface area (Å²) >= 11 is 1.54. The first-order valence-electron chi connectivity index (χ1n) is 6.26. The topological polar surface area (TPSA) is 46.5 Å². The number of anilines is 1. The van der Waals surface area contributed by atoms with Crippen LogP contribution >= 0.6 is 11.3 Å². The van der Waals surface area contributed by atoms with Crippen molar-refractivity contribution in [2.75, 3.05) is 12.0 Å². The first kappa shape index (κ1) is 14.4. The van der Waals surface area contributed by atoms with Crippen LogP contribution in [0.1, 0.15) is 16.8 Å². The van der Waals surface area contributed by atoms with E-state index in [0.29, 0.717) is 13.2 Å². The van der Waals surface area contributed by atoms with Gasteiger partial charge in [0.05, 0.1) is 25.1 Å². The van der Waals surface area contributed by atoms with Crippen molar-refractivity contribution >= 4 is 22.7 Å². The van der Waals surface area contributed by atoms with E-state index in [-0.39, 0.29) is 0 Å². The molecule has 0 radical (unpaired) electrons. The van der Waals surface area contributed by atoms with Crippen molar-refractivity contribution in [3.63, 3.8) is 0 Å². The number of nitrogens with one attached hydrogen (secondary N) is 1. The molecular formula is C15H17N3OS. The highest BCUT2D eigenvalue weighted by Gasteiger charge is 1.96. The highest BCUT2D eigenvalue weighted by atomic mass is 32.1. The molecule has 20 heavy (non-hydrogen) atoms. The molecule has 0 aliphatic rings. The molecule has 5 heteroatoms. The maximum absolute atomic E-state index is 5.41. The number of aromatic nitrogens is 1. The summed E-state index contributed by atoms with van der Waals surface area (Å²) in [5.74, 6) is 0. The minimum Gasteiger partial charge on any atom is -0.373 e. The van der Waals surface area contributed by atoms with Crippen molar-refractivity contribution in [2.24, 2.45) is 5.10 Å². The van der Waals surface area contributed by atoms with Gasteiger partial charge < -0.3 is 4.74 Å². The molecule has 0 spiro atoms. The number of ether oxygens (including phenoxy) is 1. The Morgan fingerprint density at radius 3 is 3.15 bits per heavy atom. The lowest BCUT2D eigenvalue weighted by molar-refractivity contribution is 0.149. The highest BCUT2D eigenvalue weighted by Crippen LogP contribution is 2.14. The van der Waals surface area contributed by atoms with Gasteiger partial charge >= 0.3 is 0 Å². The molecule has 0 saturated heterocycles. The fraction of sp³-hybridized carbons (Fsp3) is 0.200. The minimum absolute atomic E-state index is 0.559. The van der Waals surface area contributed by atoms with Crippen molar-refractivity contribution in [3.05, 3.63) is 59.1 Å². The molecule has 0 saturated carbocycles. The summed E-state index contributed by atoms with van der Waals surface area (Å²) in [5, 5.41) is 6.96. The van der Waals surface area contributed by atoms with E-state index in [9.17, 15) is 0 Å². The third-order valence-corrected chi connectivity index (χ3v) is 3.31. The summed E-state index contributed by atoms with van der Waals surface area (Å²) in [5.41, 5.74) is 6.04. The normalized spacial score (nSPS) is 10.8. The summed E-state index contributed by atoms with van der Waals surface area (Å²) in [4.78, 5) is 4.27. The molecule has 0 amide bonds. The van der Waals surface area contributed by atoms with Crippen LogP contribution in [0.4, 0.5) is 5.13 Å². The minimum atomic E-state index is 0.559. The van der Waals surface area contributed by atoms with Crippen LogP contribution in [0.2, 0.25) is 0 Å². The van der Waals surface area contributed by atoms with E-state index in [0.717, 1.165) is 22.0 Å². The van der Waals surface area contributed by atoms with Gasteiger partial charge in [0, 0.05) is 5.38 Å². The molecule has 104 valence electrons. The van der Waals surface area contributed by atoms with Gasteiger partial charge in [0.2, 0.25) is 5.13 Å². The second kappa shape index (κ2) is 7.57. The lowest BCUT2D eigenvalue weighted by atomic mass is 10.1. The van der Waals surface area contributed by atoms with Crippen molar-refractivity contribution in [2.45, 2.75) is 13.5 Å². The van der Waals surface area contributed by atoms with Gasteiger partial charge in [0.25, 0.3) is 0 Å². The van der Waals surface area contributed by atoms with E-state index >= 15 is 0 Å². The predicted molar refractivity (Wildman–Crippen MR) is 84.4 cm³/mol. The summed E-state index contributed by atoms with van der Waals surface area (Å²) in [7, 11) is 0. The zero-order chi connectivity index (χ0) is 14.2. The van der Waals surface area contributed by atoms with Gasteiger partial charge in [0.1, 0.15) is 0 Å². The Balaban J connectivity index is 1.91. The second-order valence-electron chi connectivity index (χ2n) is 4.21. The Hall–Kier alpha value is -1.98. The van der Waals surface area contributed by atoms with Gasteiger partial charge in [-0.25, -0.2) is 4.98 Å². The maximum Gasteiger partial charge on any atom is 0.203 e. The molecule has 4 nitrogen and oxygen atoms in total. The zero-order valence-corrected chi connectivity index (χ0v) is 12.2. The van der Waals surface area contributed by atoms with E-state index in [2.05, 4.69) is 22.1 Å². The molecule has 2 aromatic rings. The predicted octanol–water partition coefficient (Wildman–Crippen LogP) is 3.60. The molecule has 2 rings (SSSR count). The molecule has 0 atom stereocenters. The van der Waals surface area contributed by atoms with Gasteiger partial charge in [-0.2, -0.15) is 5.10 Å². The van der Waals surface area contributed by atoms with E-state index < -0.39 is 0 Å². The summed E-state index contributed by atoms with van der Waals surface area (Å²) < 4.78 is 5.41. The molecule has 0 aliphatic carbocycles. The lowest BCUT2D eigenvalue weighted by Gasteiger charge is -2.02. The molecule has 1 N–H and O–H groups in total. The second-order valence-corrected chi connectivity index (χ2v) is 5.07. The van der Waals surface area contributed by atoms with Crippen LogP contribution in [0, 0.1) is 6.92 Å². The first-order valence-corrected chi connectivity index (χ1v) is 7.14. The van der Waals surface area contributed by atoms with E-state index in [4.69, 9.17) is 4.74 Å². The molecule has 0 unspecified atom stereocenters. The third-order valence-electron chi connectivity index (χ3n) is 2.45. The fourth-order valence-corrected chi connectivity index (χ4v) is 2.23. The smallest absolute Gasteiger partial charge is 0.203 e. The molecule has 1 aromatic carbocycles. The van der Waals surface area contributed by atoms with Crippen LogP contribution in [0.25, 0.3) is 0 Å². The molecule has 0 bridgehead atoms. The number of thiazole rings is 1. The monoisotopic (exact) mass is 287 g/mol. The van der Waals surface area contributed by atoms with Crippen LogP contribution in [0.5, 0.6) is 0 Å². The molecule has 1 aromatic heterocycles. The summed E-state index contributed by atoms with van der Waals surface area (Å²) in [6.07, 6.45) is 3.51. The Morgan fingerprint density at radius 2 is 2.40 bits per heavy atom. The highest BCUT2D eigenvalue weighted by molar-refractivity contribution is 7.13. The Morgan fingerprint density at radius 1 is 1.50 bits per heavy atom. The standard InChI is InChI=1S/C15H17N3OS/c1-3-7-19-10-14-6-4-5-13(8-14)9-16-18-15-17-12(2)11-20-15/h3-6,8-9,11H,1,7,10H2,2H3,(H,17,18). The molecular weight excluding hydrogens is 270 g/mol. The molecule has 1 heterocycles. The van der Waals surface area contributed by atoms with Crippen LogP contribution in [-0.2, 0) is 11.3 Å². The Labute approximate surface area is 122 Å². The average molecular weight is 287 g/mol. The molecule has 0 aliphatic heterocycles. The number of rotatable bonds is 7. The van der Waals surface area contributed by atoms with Crippen LogP contribution < -0.4 is 5.43 Å². The maximum atomic E-state index is 5.41. The van der Waals surface area contributed by atoms with Crippen LogP contribution in [-0.4, -0.2) is 17.8 Å². The first-order chi connectivity index (χ1) is 9.78. The number of aryl methyl sites for hydroxylation is 1. The van der Waals surface area contributed by atoms with Gasteiger partial charge in [-0.3, -0.25) is 5.43 Å². The lowest BCUT2D eigenvalue weighted by Crippen LogP contribution is -1.94. The summed E-state index contributed by atoms with van der Waals surface area (Å²) in [6, 6.07) is 8.05. The van der Waals surface area contributed by atoms with E-state index in [1.807, 2.05) is 36.6 Å². The van der Waals surface area contributed by atoms with Crippen LogP contribution in [0.3, 0.4) is 0 Å². The van der Waals surface area contributed by atoms with E-state index in [1.54, 1.807) is 12.3 Å². The molecule has 0 fully saturated rings. The van der Waals surface area contributed by atoms with Gasteiger partial charge in [0.15, 0.2) is 0 Å². The Kier molecular flexibility index (Phi) is 5.46. The SMILES string of the molecule is C=CCOCc1cccc(C=NNc2nc(C)cs2)c1. The van der Waals surface area contributed by atoms with Crippen molar-refractivity contribution < 1.29 is 4.74 Å². The van der Waals surface area contributed by atoms with Gasteiger partial charge in [-0.1, -0.05) is 24.3 Å². The Bertz CT molecular complexity index is 592. The van der Waals surface area contributed by atoms with E-state index in [1.165, 1.54) is 11.3 Å². The number of hydrogen-bond acceptors (Lipinski definition) is 5. The van der Waals surface area contributed by atoms with Gasteiger partial charge in [-0.15, -0.1) is 17.9 Å². The fourth-order valence-electron chi connectivity index (χ4n) is 1.59. The van der Waals surface area contributed by atoms with Crippen molar-refractivity contribution in [3.8, 4) is 0 Å². The van der Waals surface area contributed by atoms with Crippen molar-refractivity contribution in [1.82, 2.24) is 4.98 Å². The third kappa shape index (κ3) is 4.60. The summed E-state index contributed by atoms with van der Waals surface area (Å²) in [6.45, 7) is 6.71. The quantitative estimate of drug-likeness (QED) is 0.366. The largest absolute Gasteiger partial charge is 0.373 e. The van der Waals surface area contributed by atoms with Crippen LogP contribution in [0.15, 0.2) is 47.4 Å². The zero-order valence-electron chi connectivity index (χ0n) is 11.4. The number of hydrazone groups is 1. The number of hydrogen-bond donors (Lipinski definition) is 1. The van der Waals surface area contributed by atoms with Crippen molar-refractivity contribution in [1.29, 1.82) is 0 Å².